The molecule has 2 rings (SSSR count). The quantitative estimate of drug-likeness (QED) is 0.831. The normalized spacial score (nSPS) is 19.4. The number of hydrogen-bond acceptors (Lipinski definition) is 5. The lowest BCUT2D eigenvalue weighted by Crippen LogP contribution is -2.49. The van der Waals surface area contributed by atoms with E-state index >= 15 is 0 Å². The molecule has 0 bridgehead atoms. The van der Waals surface area contributed by atoms with Crippen molar-refractivity contribution in [3.8, 4) is 0 Å². The zero-order valence-electron chi connectivity index (χ0n) is 11.8. The van der Waals surface area contributed by atoms with Crippen LogP contribution in [0, 0.1) is 5.82 Å². The van der Waals surface area contributed by atoms with Crippen molar-refractivity contribution in [3.63, 3.8) is 0 Å². The molecule has 0 amide bonds. The van der Waals surface area contributed by atoms with Gasteiger partial charge in [-0.2, -0.15) is 9.59 Å². The van der Waals surface area contributed by atoms with E-state index in [1.165, 1.54) is 12.3 Å². The van der Waals surface area contributed by atoms with Crippen LogP contribution in [-0.4, -0.2) is 30.1 Å². The molecular weight excluding hydrogens is 265 g/mol. The topological polar surface area (TPSA) is 65.5 Å². The molecule has 6 heteroatoms. The van der Waals surface area contributed by atoms with Gasteiger partial charge in [0, 0.05) is 0 Å². The third-order valence-corrected chi connectivity index (χ3v) is 3.34. The molecule has 1 aromatic rings. The number of hydrogen-bond donors (Lipinski definition) is 0. The average molecular weight is 283 g/mol. The van der Waals surface area contributed by atoms with Crippen LogP contribution in [0.25, 0.3) is 0 Å². The summed E-state index contributed by atoms with van der Waals surface area (Å²) in [6, 6.07) is 3.14. The van der Waals surface area contributed by atoms with Crippen LogP contribution < -0.4 is 0 Å². The fourth-order valence-electron chi connectivity index (χ4n) is 1.93. The highest BCUT2D eigenvalue weighted by Crippen LogP contribution is 2.34. The molecule has 0 atom stereocenters. The summed E-state index contributed by atoms with van der Waals surface area (Å²) < 4.78 is 24.3. The van der Waals surface area contributed by atoms with Gasteiger partial charge < -0.3 is 9.47 Å². The highest BCUT2D eigenvalue weighted by Gasteiger charge is 2.41. The summed E-state index contributed by atoms with van der Waals surface area (Å²) in [5.74, 6) is -0.864. The van der Waals surface area contributed by atoms with E-state index in [1.54, 1.807) is 6.07 Å². The number of halogens is 1. The number of ether oxygens (including phenoxy) is 2. The number of nitrogens with zero attached hydrogens (tertiary/aromatic N) is 1. The van der Waals surface area contributed by atoms with Crippen LogP contribution in [0.1, 0.15) is 32.9 Å². The van der Waals surface area contributed by atoms with Crippen molar-refractivity contribution in [1.29, 1.82) is 0 Å². The molecule has 1 saturated heterocycles. The molecule has 5 nitrogen and oxygen atoms in total. The van der Waals surface area contributed by atoms with Crippen molar-refractivity contribution >= 4 is 6.15 Å². The average Bonchev–Trinajstić information content (AvgIpc) is 2.42. The monoisotopic (exact) mass is 283 g/mol. The van der Waals surface area contributed by atoms with Gasteiger partial charge in [0.15, 0.2) is 5.79 Å². The Labute approximate surface area is 117 Å². The minimum Gasteiger partial charge on any atom is -0.349 e. The molecule has 1 aromatic heterocycles. The molecule has 1 aliphatic heterocycles. The molecule has 0 spiro atoms. The predicted octanol–water partition coefficient (Wildman–Crippen LogP) is 2.07. The molecule has 0 radical (unpaired) electrons. The number of rotatable bonds is 2. The van der Waals surface area contributed by atoms with Crippen LogP contribution in [0.15, 0.2) is 18.3 Å². The Morgan fingerprint density at radius 3 is 2.25 bits per heavy atom. The Hall–Kier alpha value is -1.62. The van der Waals surface area contributed by atoms with Crippen LogP contribution in [-0.2, 0) is 24.5 Å². The van der Waals surface area contributed by atoms with E-state index in [9.17, 15) is 4.39 Å². The van der Waals surface area contributed by atoms with Crippen LogP contribution >= 0.6 is 0 Å². The third-order valence-electron chi connectivity index (χ3n) is 3.34. The van der Waals surface area contributed by atoms with Crippen LogP contribution in [0.2, 0.25) is 0 Å². The van der Waals surface area contributed by atoms with Gasteiger partial charge in [0.25, 0.3) is 0 Å². The second-order valence-corrected chi connectivity index (χ2v) is 5.06. The molecule has 0 N–H and O–H groups in total. The third kappa shape index (κ3) is 3.93. The van der Waals surface area contributed by atoms with Gasteiger partial charge in [-0.15, -0.1) is 0 Å². The minimum atomic E-state index is -0.543. The maximum atomic E-state index is 12.9. The summed E-state index contributed by atoms with van der Waals surface area (Å²) >= 11 is 0. The molecule has 0 unspecified atom stereocenters. The summed E-state index contributed by atoms with van der Waals surface area (Å²) in [5, 5.41) is 0. The predicted molar refractivity (Wildman–Crippen MR) is 67.2 cm³/mol. The lowest BCUT2D eigenvalue weighted by Gasteiger charge is -2.42. The Kier molecular flexibility index (Phi) is 5.51. The van der Waals surface area contributed by atoms with Crippen molar-refractivity contribution in [2.75, 3.05) is 13.2 Å². The molecule has 1 fully saturated rings. The van der Waals surface area contributed by atoms with Gasteiger partial charge in [0.1, 0.15) is 5.82 Å². The number of aromatic nitrogens is 1. The second-order valence-electron chi connectivity index (χ2n) is 5.06. The molecule has 20 heavy (non-hydrogen) atoms. The van der Waals surface area contributed by atoms with Gasteiger partial charge in [0.2, 0.25) is 0 Å². The SMILES string of the molecule is CCC1(c2ccc(F)cn2)COC(C)(C)OC1.O=C=O. The minimum absolute atomic E-state index is 0.250. The summed E-state index contributed by atoms with van der Waals surface area (Å²) in [6.45, 7) is 6.95. The van der Waals surface area contributed by atoms with Crippen LogP contribution in [0.5, 0.6) is 0 Å². The Morgan fingerprint density at radius 2 is 1.85 bits per heavy atom. The van der Waals surface area contributed by atoms with Crippen molar-refractivity contribution in [3.05, 3.63) is 29.8 Å². The molecule has 1 aliphatic rings. The van der Waals surface area contributed by atoms with Crippen molar-refractivity contribution < 1.29 is 23.5 Å². The zero-order valence-corrected chi connectivity index (χ0v) is 11.8. The van der Waals surface area contributed by atoms with E-state index in [1.807, 2.05) is 13.8 Å². The van der Waals surface area contributed by atoms with Gasteiger partial charge in [-0.05, 0) is 32.4 Å². The second kappa shape index (κ2) is 6.70. The van der Waals surface area contributed by atoms with Crippen LogP contribution in [0.3, 0.4) is 0 Å². The van der Waals surface area contributed by atoms with Crippen molar-refractivity contribution in [1.82, 2.24) is 4.98 Å². The Balaban J connectivity index is 0.000000612. The fourth-order valence-corrected chi connectivity index (χ4v) is 1.93. The first-order chi connectivity index (χ1) is 9.39. The number of pyridine rings is 1. The van der Waals surface area contributed by atoms with Gasteiger partial charge in [-0.1, -0.05) is 6.92 Å². The van der Waals surface area contributed by atoms with E-state index in [0.717, 1.165) is 12.1 Å². The lowest BCUT2D eigenvalue weighted by molar-refractivity contribution is -0.270. The molecule has 2 heterocycles. The first-order valence-electron chi connectivity index (χ1n) is 6.28. The molecule has 0 aliphatic carbocycles. The Morgan fingerprint density at radius 1 is 1.30 bits per heavy atom. The van der Waals surface area contributed by atoms with Crippen molar-refractivity contribution in [2.45, 2.75) is 38.4 Å². The molecule has 110 valence electrons. The Bertz CT molecular complexity index is 457. The summed E-state index contributed by atoms with van der Waals surface area (Å²) in [6.07, 6.45) is 2.34. The standard InChI is InChI=1S/C13H18FNO2.CO2/c1-4-13(8-16-12(2,3)17-9-13)11-6-5-10(14)7-15-11;2-1-3/h5-7H,4,8-9H2,1-3H3;. The van der Waals surface area contributed by atoms with Gasteiger partial charge in [-0.3, -0.25) is 4.98 Å². The number of carbonyl (C=O) groups excluding carboxylic acids is 2. The van der Waals surface area contributed by atoms with Crippen molar-refractivity contribution in [2.24, 2.45) is 0 Å². The maximum absolute atomic E-state index is 12.9. The van der Waals surface area contributed by atoms with Gasteiger partial charge in [-0.25, -0.2) is 4.39 Å². The largest absolute Gasteiger partial charge is 0.373 e. The van der Waals surface area contributed by atoms with Gasteiger partial charge in [0.05, 0.1) is 30.5 Å². The summed E-state index contributed by atoms with van der Waals surface area (Å²) in [5.41, 5.74) is 0.570. The zero-order chi connectivity index (χ0) is 15.2. The molecule has 0 saturated carbocycles. The summed E-state index contributed by atoms with van der Waals surface area (Å²) in [7, 11) is 0. The van der Waals surface area contributed by atoms with E-state index in [4.69, 9.17) is 19.1 Å². The first-order valence-corrected chi connectivity index (χ1v) is 6.28. The highest BCUT2D eigenvalue weighted by molar-refractivity contribution is 5.20. The fraction of sp³-hybridized carbons (Fsp3) is 0.571. The molecular formula is C14H18FNO4. The van der Waals surface area contributed by atoms with E-state index < -0.39 is 5.79 Å². The lowest BCUT2D eigenvalue weighted by atomic mass is 9.82. The van der Waals surface area contributed by atoms with E-state index in [-0.39, 0.29) is 17.4 Å². The van der Waals surface area contributed by atoms with E-state index in [2.05, 4.69) is 11.9 Å². The maximum Gasteiger partial charge on any atom is 0.373 e. The van der Waals surface area contributed by atoms with Crippen LogP contribution in [0.4, 0.5) is 4.39 Å². The molecule has 0 aromatic carbocycles. The summed E-state index contributed by atoms with van der Waals surface area (Å²) in [4.78, 5) is 20.4. The smallest absolute Gasteiger partial charge is 0.349 e. The first kappa shape index (κ1) is 16.4. The highest BCUT2D eigenvalue weighted by atomic mass is 19.1. The van der Waals surface area contributed by atoms with Gasteiger partial charge >= 0.3 is 6.15 Å². The van der Waals surface area contributed by atoms with E-state index in [0.29, 0.717) is 13.2 Å².